The second kappa shape index (κ2) is 7.60. The summed E-state index contributed by atoms with van der Waals surface area (Å²) in [7, 11) is 0. The Labute approximate surface area is 155 Å². The Hall–Kier alpha value is -2.17. The van der Waals surface area contributed by atoms with Gasteiger partial charge in [0.25, 0.3) is 0 Å². The highest BCUT2D eigenvalue weighted by Gasteiger charge is 2.35. The summed E-state index contributed by atoms with van der Waals surface area (Å²) in [6, 6.07) is 2.04. The molecule has 0 unspecified atom stereocenters. The molecule has 0 atom stereocenters. The molecule has 0 aliphatic heterocycles. The maximum atomic E-state index is 13.4. The Kier molecular flexibility index (Phi) is 5.05. The number of hydrogen-bond donors (Lipinski definition) is 1. The second-order valence-corrected chi connectivity index (χ2v) is 7.98. The number of carbonyl (C=O) groups is 1. The van der Waals surface area contributed by atoms with Crippen molar-refractivity contribution in [3.63, 3.8) is 0 Å². The molecular formula is C21H28N4O. The van der Waals surface area contributed by atoms with Crippen molar-refractivity contribution < 1.29 is 4.79 Å². The van der Waals surface area contributed by atoms with Gasteiger partial charge in [-0.2, -0.15) is 0 Å². The normalized spacial score (nSPS) is 23.4. The van der Waals surface area contributed by atoms with Gasteiger partial charge in [0, 0.05) is 24.5 Å². The lowest BCUT2D eigenvalue weighted by Gasteiger charge is -2.39. The number of pyridine rings is 1. The van der Waals surface area contributed by atoms with Crippen molar-refractivity contribution in [1.82, 2.24) is 15.0 Å². The lowest BCUT2D eigenvalue weighted by atomic mass is 9.68. The minimum atomic E-state index is 0.127. The highest BCUT2D eigenvalue weighted by molar-refractivity contribution is 5.94. The molecule has 5 nitrogen and oxygen atoms in total. The van der Waals surface area contributed by atoms with E-state index in [2.05, 4.69) is 15.0 Å². The molecule has 2 aromatic rings. The van der Waals surface area contributed by atoms with Crippen LogP contribution in [-0.2, 0) is 11.3 Å². The number of aromatic amines is 1. The zero-order valence-electron chi connectivity index (χ0n) is 15.5. The Bertz CT molecular complexity index is 730. The number of H-pyrrole nitrogens is 1. The van der Waals surface area contributed by atoms with E-state index in [-0.39, 0.29) is 11.8 Å². The maximum Gasteiger partial charge on any atom is 0.230 e. The zero-order chi connectivity index (χ0) is 17.9. The van der Waals surface area contributed by atoms with Crippen LogP contribution in [0.5, 0.6) is 0 Å². The third-order valence-electron chi connectivity index (χ3n) is 6.24. The number of carbonyl (C=O) groups excluding carboxylic acids is 1. The average molecular weight is 352 g/mol. The van der Waals surface area contributed by atoms with Crippen LogP contribution in [0.2, 0.25) is 0 Å². The van der Waals surface area contributed by atoms with E-state index in [0.717, 1.165) is 41.8 Å². The van der Waals surface area contributed by atoms with Gasteiger partial charge >= 0.3 is 0 Å². The van der Waals surface area contributed by atoms with E-state index in [1.165, 1.54) is 32.1 Å². The van der Waals surface area contributed by atoms with Gasteiger partial charge in [0.1, 0.15) is 5.82 Å². The Morgan fingerprint density at radius 2 is 1.92 bits per heavy atom. The van der Waals surface area contributed by atoms with Crippen LogP contribution in [0.4, 0.5) is 5.69 Å². The summed E-state index contributed by atoms with van der Waals surface area (Å²) in [6.07, 6.45) is 15.8. The van der Waals surface area contributed by atoms with Crippen LogP contribution in [-0.4, -0.2) is 20.9 Å². The monoisotopic (exact) mass is 352 g/mol. The fraction of sp³-hybridized carbons (Fsp3) is 0.571. The van der Waals surface area contributed by atoms with Gasteiger partial charge in [0.15, 0.2) is 0 Å². The molecule has 2 aliphatic rings. The molecule has 138 valence electrons. The molecule has 2 fully saturated rings. The number of anilines is 1. The summed E-state index contributed by atoms with van der Waals surface area (Å²) in [4.78, 5) is 26.9. The van der Waals surface area contributed by atoms with Crippen molar-refractivity contribution in [3.8, 4) is 0 Å². The minimum absolute atomic E-state index is 0.127. The van der Waals surface area contributed by atoms with E-state index in [0.29, 0.717) is 6.54 Å². The molecule has 0 spiro atoms. The summed E-state index contributed by atoms with van der Waals surface area (Å²) in [5.74, 6) is 2.95. The first-order valence-corrected chi connectivity index (χ1v) is 9.92. The van der Waals surface area contributed by atoms with Gasteiger partial charge < -0.3 is 9.88 Å². The first-order valence-electron chi connectivity index (χ1n) is 9.92. The van der Waals surface area contributed by atoms with E-state index < -0.39 is 0 Å². The number of amides is 1. The molecule has 2 aliphatic carbocycles. The lowest BCUT2D eigenvalue weighted by molar-refractivity contribution is -0.124. The molecule has 1 amide bonds. The van der Waals surface area contributed by atoms with Gasteiger partial charge in [0.2, 0.25) is 5.91 Å². The Morgan fingerprint density at radius 3 is 2.54 bits per heavy atom. The number of aromatic nitrogens is 3. The summed E-state index contributed by atoms with van der Waals surface area (Å²) < 4.78 is 0. The number of nitrogens with one attached hydrogen (secondary N) is 1. The van der Waals surface area contributed by atoms with Crippen LogP contribution in [0.25, 0.3) is 0 Å². The average Bonchev–Trinajstić information content (AvgIpc) is 3.11. The smallest absolute Gasteiger partial charge is 0.230 e. The van der Waals surface area contributed by atoms with E-state index in [1.54, 1.807) is 18.6 Å². The van der Waals surface area contributed by atoms with E-state index >= 15 is 0 Å². The number of imidazole rings is 1. The van der Waals surface area contributed by atoms with Crippen molar-refractivity contribution in [2.24, 2.45) is 17.8 Å². The van der Waals surface area contributed by atoms with Crippen molar-refractivity contribution in [2.45, 2.75) is 58.4 Å². The number of rotatable bonds is 5. The number of aryl methyl sites for hydroxylation is 1. The third-order valence-corrected chi connectivity index (χ3v) is 6.24. The minimum Gasteiger partial charge on any atom is -0.347 e. The molecule has 0 saturated heterocycles. The van der Waals surface area contributed by atoms with Crippen LogP contribution in [0.15, 0.2) is 30.9 Å². The predicted octanol–water partition coefficient (Wildman–Crippen LogP) is 4.25. The van der Waals surface area contributed by atoms with Gasteiger partial charge in [-0.1, -0.05) is 19.3 Å². The third kappa shape index (κ3) is 3.67. The molecule has 2 heterocycles. The summed E-state index contributed by atoms with van der Waals surface area (Å²) in [6.45, 7) is 2.48. The number of hydrogen-bond acceptors (Lipinski definition) is 3. The highest BCUT2D eigenvalue weighted by atomic mass is 16.2. The summed E-state index contributed by atoms with van der Waals surface area (Å²) in [5, 5.41) is 0. The quantitative estimate of drug-likeness (QED) is 0.875. The standard InChI is InChI=1S/C21H28N4O/c1-15-11-19(13-22-12-15)25(14-20-23-9-10-24-20)21(26)18-7-5-17(6-8-18)16-3-2-4-16/h9-13,16-18H,2-8,14H2,1H3,(H,23,24). The van der Waals surface area contributed by atoms with Gasteiger partial charge in [0.05, 0.1) is 18.4 Å². The van der Waals surface area contributed by atoms with Crippen LogP contribution in [0.3, 0.4) is 0 Å². The topological polar surface area (TPSA) is 61.9 Å². The van der Waals surface area contributed by atoms with Gasteiger partial charge in [-0.15, -0.1) is 0 Å². The van der Waals surface area contributed by atoms with Crippen LogP contribution in [0, 0.1) is 24.7 Å². The van der Waals surface area contributed by atoms with Gasteiger partial charge in [-0.05, 0) is 56.1 Å². The largest absolute Gasteiger partial charge is 0.347 e. The van der Waals surface area contributed by atoms with E-state index in [4.69, 9.17) is 0 Å². The molecular weight excluding hydrogens is 324 g/mol. The summed E-state index contributed by atoms with van der Waals surface area (Å²) in [5.41, 5.74) is 1.93. The molecule has 1 N–H and O–H groups in total. The number of nitrogens with zero attached hydrogens (tertiary/aromatic N) is 3. The van der Waals surface area contributed by atoms with Crippen molar-refractivity contribution in [2.75, 3.05) is 4.90 Å². The molecule has 2 aromatic heterocycles. The van der Waals surface area contributed by atoms with E-state index in [9.17, 15) is 4.79 Å². The summed E-state index contributed by atoms with van der Waals surface area (Å²) >= 11 is 0. The predicted molar refractivity (Wildman–Crippen MR) is 102 cm³/mol. The van der Waals surface area contributed by atoms with Crippen LogP contribution >= 0.6 is 0 Å². The first kappa shape index (κ1) is 17.3. The lowest BCUT2D eigenvalue weighted by Crippen LogP contribution is -2.39. The van der Waals surface area contributed by atoms with Crippen molar-refractivity contribution in [3.05, 3.63) is 42.2 Å². The molecule has 5 heteroatoms. The van der Waals surface area contributed by atoms with Crippen molar-refractivity contribution >= 4 is 11.6 Å². The molecule has 2 saturated carbocycles. The van der Waals surface area contributed by atoms with Crippen LogP contribution in [0.1, 0.15) is 56.3 Å². The molecule has 0 radical (unpaired) electrons. The SMILES string of the molecule is Cc1cncc(N(Cc2ncc[nH]2)C(=O)C2CCC(C3CCC3)CC2)c1. The second-order valence-electron chi connectivity index (χ2n) is 7.98. The maximum absolute atomic E-state index is 13.4. The van der Waals surface area contributed by atoms with Crippen molar-refractivity contribution in [1.29, 1.82) is 0 Å². The van der Waals surface area contributed by atoms with Crippen LogP contribution < -0.4 is 4.90 Å². The first-order chi connectivity index (χ1) is 12.7. The Morgan fingerprint density at radius 1 is 1.15 bits per heavy atom. The Balaban J connectivity index is 1.48. The molecule has 0 aromatic carbocycles. The zero-order valence-corrected chi connectivity index (χ0v) is 15.5. The van der Waals surface area contributed by atoms with E-state index in [1.807, 2.05) is 24.1 Å². The highest BCUT2D eigenvalue weighted by Crippen LogP contribution is 2.43. The fourth-order valence-electron chi connectivity index (χ4n) is 4.49. The van der Waals surface area contributed by atoms with Gasteiger partial charge in [-0.25, -0.2) is 4.98 Å². The fourth-order valence-corrected chi connectivity index (χ4v) is 4.49. The van der Waals surface area contributed by atoms with Gasteiger partial charge in [-0.3, -0.25) is 9.78 Å². The molecule has 4 rings (SSSR count). The molecule has 0 bridgehead atoms. The molecule has 26 heavy (non-hydrogen) atoms.